The predicted octanol–water partition coefficient (Wildman–Crippen LogP) is 3.86. The molecule has 0 aromatic heterocycles. The number of carbonyl (C=O) groups excluding carboxylic acids is 1. The number of benzene rings is 1. The van der Waals surface area contributed by atoms with E-state index in [2.05, 4.69) is 28.2 Å². The van der Waals surface area contributed by atoms with Crippen molar-refractivity contribution in [2.45, 2.75) is 32.2 Å². The van der Waals surface area contributed by atoms with Crippen molar-refractivity contribution in [3.8, 4) is 0 Å². The molecule has 1 aromatic carbocycles. The number of nitrogens with one attached hydrogen (secondary N) is 1. The minimum atomic E-state index is 0.00954. The Kier molecular flexibility index (Phi) is 4.05. The van der Waals surface area contributed by atoms with Gasteiger partial charge in [-0.3, -0.25) is 0 Å². The van der Waals surface area contributed by atoms with Gasteiger partial charge in [0.25, 0.3) is 0 Å². The maximum Gasteiger partial charge on any atom is 0.322 e. The van der Waals surface area contributed by atoms with Crippen LogP contribution in [0.1, 0.15) is 26.2 Å². The lowest BCUT2D eigenvalue weighted by atomic mass is 10.0. The molecule has 1 heterocycles. The average Bonchev–Trinajstić information content (AvgIpc) is 2.29. The van der Waals surface area contributed by atoms with Crippen LogP contribution in [-0.2, 0) is 0 Å². The smallest absolute Gasteiger partial charge is 0.322 e. The second kappa shape index (κ2) is 5.54. The van der Waals surface area contributed by atoms with E-state index in [-0.39, 0.29) is 6.03 Å². The van der Waals surface area contributed by atoms with Crippen molar-refractivity contribution in [2.75, 3.05) is 11.9 Å². The largest absolute Gasteiger partial charge is 0.322 e. The summed E-state index contributed by atoms with van der Waals surface area (Å²) in [6, 6.07) is 8.02. The summed E-state index contributed by atoms with van der Waals surface area (Å²) < 4.78 is 0.974. The molecule has 2 rings (SSSR count). The highest BCUT2D eigenvalue weighted by molar-refractivity contribution is 9.10. The number of carbonyl (C=O) groups is 1. The molecule has 17 heavy (non-hydrogen) atoms. The third-order valence-corrected chi connectivity index (χ3v) is 3.63. The van der Waals surface area contributed by atoms with E-state index in [0.717, 1.165) is 29.5 Å². The van der Waals surface area contributed by atoms with E-state index in [1.165, 1.54) is 6.42 Å². The SMILES string of the molecule is C[C@@H]1CCCCN1C(=O)Nc1cccc(Br)c1. The number of piperidine rings is 1. The monoisotopic (exact) mass is 296 g/mol. The summed E-state index contributed by atoms with van der Waals surface area (Å²) >= 11 is 3.40. The lowest BCUT2D eigenvalue weighted by Crippen LogP contribution is -2.44. The zero-order chi connectivity index (χ0) is 12.3. The van der Waals surface area contributed by atoms with Crippen LogP contribution in [0.4, 0.5) is 10.5 Å². The second-order valence-corrected chi connectivity index (χ2v) is 5.39. The van der Waals surface area contributed by atoms with Crippen LogP contribution >= 0.6 is 15.9 Å². The molecule has 92 valence electrons. The number of hydrogen-bond acceptors (Lipinski definition) is 1. The van der Waals surface area contributed by atoms with Gasteiger partial charge in [0.1, 0.15) is 0 Å². The molecule has 1 aliphatic heterocycles. The number of hydrogen-bond donors (Lipinski definition) is 1. The molecule has 0 aliphatic carbocycles. The lowest BCUT2D eigenvalue weighted by Gasteiger charge is -2.33. The molecule has 1 aliphatic rings. The number of anilines is 1. The van der Waals surface area contributed by atoms with Crippen LogP contribution in [0.15, 0.2) is 28.7 Å². The van der Waals surface area contributed by atoms with Gasteiger partial charge in [-0.25, -0.2) is 4.79 Å². The second-order valence-electron chi connectivity index (χ2n) is 4.48. The number of halogens is 1. The van der Waals surface area contributed by atoms with Gasteiger partial charge in [-0.1, -0.05) is 22.0 Å². The topological polar surface area (TPSA) is 32.3 Å². The molecule has 3 nitrogen and oxygen atoms in total. The number of rotatable bonds is 1. The summed E-state index contributed by atoms with van der Waals surface area (Å²) in [6.45, 7) is 2.97. The minimum Gasteiger partial charge on any atom is -0.322 e. The van der Waals surface area contributed by atoms with E-state index in [1.54, 1.807) is 0 Å². The van der Waals surface area contributed by atoms with Gasteiger partial charge in [-0.05, 0) is 44.4 Å². The zero-order valence-electron chi connectivity index (χ0n) is 9.95. The van der Waals surface area contributed by atoms with E-state index < -0.39 is 0 Å². The standard InChI is InChI=1S/C13H17BrN2O/c1-10-5-2-3-8-16(10)13(17)15-12-7-4-6-11(14)9-12/h4,6-7,9-10H,2-3,5,8H2,1H3,(H,15,17)/t10-/m1/s1. The van der Waals surface area contributed by atoms with Crippen LogP contribution in [0.3, 0.4) is 0 Å². The van der Waals surface area contributed by atoms with E-state index >= 15 is 0 Å². The van der Waals surface area contributed by atoms with Crippen molar-refractivity contribution >= 4 is 27.6 Å². The third kappa shape index (κ3) is 3.22. The number of likely N-dealkylation sites (tertiary alicyclic amines) is 1. The van der Waals surface area contributed by atoms with E-state index in [4.69, 9.17) is 0 Å². The number of urea groups is 1. The van der Waals surface area contributed by atoms with Crippen molar-refractivity contribution in [1.82, 2.24) is 4.90 Å². The van der Waals surface area contributed by atoms with Crippen molar-refractivity contribution in [2.24, 2.45) is 0 Å². The molecule has 1 fully saturated rings. The zero-order valence-corrected chi connectivity index (χ0v) is 11.5. The first-order valence-electron chi connectivity index (χ1n) is 6.00. The molecule has 1 saturated heterocycles. The van der Waals surface area contributed by atoms with Gasteiger partial charge < -0.3 is 10.2 Å². The fourth-order valence-corrected chi connectivity index (χ4v) is 2.56. The van der Waals surface area contributed by atoms with Gasteiger partial charge in [-0.2, -0.15) is 0 Å². The molecule has 1 atom stereocenters. The first kappa shape index (κ1) is 12.4. The molecule has 0 radical (unpaired) electrons. The third-order valence-electron chi connectivity index (χ3n) is 3.14. The molecule has 0 bridgehead atoms. The average molecular weight is 297 g/mol. The summed E-state index contributed by atoms with van der Waals surface area (Å²) in [6.07, 6.45) is 3.43. The van der Waals surface area contributed by atoms with Crippen molar-refractivity contribution in [3.63, 3.8) is 0 Å². The Hall–Kier alpha value is -1.03. The Labute approximate surface area is 110 Å². The fraction of sp³-hybridized carbons (Fsp3) is 0.462. The summed E-state index contributed by atoms with van der Waals surface area (Å²) in [5, 5.41) is 2.94. The first-order chi connectivity index (χ1) is 8.16. The molecular formula is C13H17BrN2O. The Bertz CT molecular complexity index is 408. The summed E-state index contributed by atoms with van der Waals surface area (Å²) in [4.78, 5) is 14.0. The van der Waals surface area contributed by atoms with E-state index in [1.807, 2.05) is 29.2 Å². The number of amides is 2. The Morgan fingerprint density at radius 3 is 3.00 bits per heavy atom. The van der Waals surface area contributed by atoms with Crippen molar-refractivity contribution < 1.29 is 4.79 Å². The van der Waals surface area contributed by atoms with Gasteiger partial charge in [0.05, 0.1) is 0 Å². The highest BCUT2D eigenvalue weighted by atomic mass is 79.9. The van der Waals surface area contributed by atoms with Gasteiger partial charge in [-0.15, -0.1) is 0 Å². The Morgan fingerprint density at radius 1 is 1.47 bits per heavy atom. The highest BCUT2D eigenvalue weighted by Gasteiger charge is 2.22. The highest BCUT2D eigenvalue weighted by Crippen LogP contribution is 2.19. The summed E-state index contributed by atoms with van der Waals surface area (Å²) in [7, 11) is 0. The van der Waals surface area contributed by atoms with Crippen LogP contribution in [-0.4, -0.2) is 23.5 Å². The van der Waals surface area contributed by atoms with Crippen LogP contribution in [0, 0.1) is 0 Å². The Morgan fingerprint density at radius 2 is 2.29 bits per heavy atom. The normalized spacial score (nSPS) is 20.1. The number of nitrogens with zero attached hydrogens (tertiary/aromatic N) is 1. The molecule has 0 saturated carbocycles. The van der Waals surface area contributed by atoms with Gasteiger partial charge in [0, 0.05) is 22.7 Å². The molecule has 0 unspecified atom stereocenters. The molecule has 4 heteroatoms. The van der Waals surface area contributed by atoms with Gasteiger partial charge in [0.15, 0.2) is 0 Å². The molecule has 2 amide bonds. The predicted molar refractivity (Wildman–Crippen MR) is 73.2 cm³/mol. The molecule has 1 aromatic rings. The van der Waals surface area contributed by atoms with Crippen LogP contribution < -0.4 is 5.32 Å². The van der Waals surface area contributed by atoms with Gasteiger partial charge in [0.2, 0.25) is 0 Å². The van der Waals surface area contributed by atoms with Gasteiger partial charge >= 0.3 is 6.03 Å². The van der Waals surface area contributed by atoms with E-state index in [0.29, 0.717) is 6.04 Å². The quantitative estimate of drug-likeness (QED) is 0.839. The fourth-order valence-electron chi connectivity index (χ4n) is 2.16. The lowest BCUT2D eigenvalue weighted by molar-refractivity contribution is 0.170. The van der Waals surface area contributed by atoms with Crippen LogP contribution in [0.5, 0.6) is 0 Å². The van der Waals surface area contributed by atoms with Crippen molar-refractivity contribution in [1.29, 1.82) is 0 Å². The van der Waals surface area contributed by atoms with Crippen LogP contribution in [0.25, 0.3) is 0 Å². The Balaban J connectivity index is 2.01. The van der Waals surface area contributed by atoms with Crippen LogP contribution in [0.2, 0.25) is 0 Å². The maximum atomic E-state index is 12.1. The molecular weight excluding hydrogens is 280 g/mol. The summed E-state index contributed by atoms with van der Waals surface area (Å²) in [5.74, 6) is 0. The summed E-state index contributed by atoms with van der Waals surface area (Å²) in [5.41, 5.74) is 0.835. The maximum absolute atomic E-state index is 12.1. The molecule has 0 spiro atoms. The molecule has 1 N–H and O–H groups in total. The minimum absolute atomic E-state index is 0.00954. The first-order valence-corrected chi connectivity index (χ1v) is 6.79. The van der Waals surface area contributed by atoms with E-state index in [9.17, 15) is 4.79 Å². The van der Waals surface area contributed by atoms with Crippen molar-refractivity contribution in [3.05, 3.63) is 28.7 Å².